The minimum atomic E-state index is -0.0462. The maximum absolute atomic E-state index is 12.5. The molecule has 2 aromatic rings. The molecule has 0 unspecified atom stereocenters. The summed E-state index contributed by atoms with van der Waals surface area (Å²) in [5.74, 6) is 1.11. The fourth-order valence-corrected chi connectivity index (χ4v) is 3.68. The van der Waals surface area contributed by atoms with E-state index in [0.29, 0.717) is 26.2 Å². The largest absolute Gasteiger partial charge is 0.508 e. The number of nitrogens with zero attached hydrogens (tertiary/aromatic N) is 3. The van der Waals surface area contributed by atoms with Crippen LogP contribution in [0.4, 0.5) is 10.5 Å². The maximum Gasteiger partial charge on any atom is 0.317 e. The van der Waals surface area contributed by atoms with Gasteiger partial charge in [0.15, 0.2) is 0 Å². The van der Waals surface area contributed by atoms with Crippen molar-refractivity contribution >= 4 is 11.7 Å². The molecule has 0 spiro atoms. The van der Waals surface area contributed by atoms with Gasteiger partial charge in [-0.2, -0.15) is 0 Å². The predicted octanol–water partition coefficient (Wildman–Crippen LogP) is 3.14. The van der Waals surface area contributed by atoms with Crippen molar-refractivity contribution in [2.24, 2.45) is 0 Å². The Bertz CT molecular complexity index is 816. The fourth-order valence-electron chi connectivity index (χ4n) is 3.68. The smallest absolute Gasteiger partial charge is 0.317 e. The SMILES string of the molecule is CCN(CC)CCOc1ccc(CNC(=O)N2CCN(c3cccc(O)c3)CC2)cc1. The number of ether oxygens (including phenoxy) is 1. The minimum Gasteiger partial charge on any atom is -0.508 e. The lowest BCUT2D eigenvalue weighted by Crippen LogP contribution is -2.51. The Balaban J connectivity index is 1.39. The summed E-state index contributed by atoms with van der Waals surface area (Å²) < 4.78 is 5.81. The van der Waals surface area contributed by atoms with Crippen LogP contribution in [-0.4, -0.2) is 73.4 Å². The Morgan fingerprint density at radius 3 is 2.42 bits per heavy atom. The summed E-state index contributed by atoms with van der Waals surface area (Å²) >= 11 is 0. The van der Waals surface area contributed by atoms with Gasteiger partial charge in [-0.3, -0.25) is 0 Å². The van der Waals surface area contributed by atoms with Crippen molar-refractivity contribution in [1.82, 2.24) is 15.1 Å². The second-order valence-electron chi connectivity index (χ2n) is 7.67. The zero-order chi connectivity index (χ0) is 22.1. The van der Waals surface area contributed by atoms with Crippen LogP contribution in [0, 0.1) is 0 Å². The first-order valence-corrected chi connectivity index (χ1v) is 11.1. The number of carbonyl (C=O) groups is 1. The molecule has 0 aromatic heterocycles. The van der Waals surface area contributed by atoms with Crippen LogP contribution in [0.1, 0.15) is 19.4 Å². The van der Waals surface area contributed by atoms with Gasteiger partial charge in [-0.05, 0) is 42.9 Å². The molecule has 2 aromatic carbocycles. The molecule has 0 atom stereocenters. The van der Waals surface area contributed by atoms with E-state index in [9.17, 15) is 9.90 Å². The van der Waals surface area contributed by atoms with Gasteiger partial charge in [-0.15, -0.1) is 0 Å². The quantitative estimate of drug-likeness (QED) is 0.645. The molecule has 2 amide bonds. The first kappa shape index (κ1) is 22.7. The Morgan fingerprint density at radius 2 is 1.77 bits per heavy atom. The third kappa shape index (κ3) is 6.79. The molecular formula is C24H34N4O3. The van der Waals surface area contributed by atoms with Gasteiger partial charge in [0, 0.05) is 51.0 Å². The van der Waals surface area contributed by atoms with Gasteiger partial charge in [-0.1, -0.05) is 32.0 Å². The van der Waals surface area contributed by atoms with Crippen molar-refractivity contribution in [1.29, 1.82) is 0 Å². The van der Waals surface area contributed by atoms with Gasteiger partial charge in [-0.25, -0.2) is 4.79 Å². The zero-order valence-electron chi connectivity index (χ0n) is 18.6. The molecule has 31 heavy (non-hydrogen) atoms. The number of hydrogen-bond acceptors (Lipinski definition) is 5. The van der Waals surface area contributed by atoms with E-state index in [4.69, 9.17) is 4.74 Å². The fraction of sp³-hybridized carbons (Fsp3) is 0.458. The van der Waals surface area contributed by atoms with E-state index in [2.05, 4.69) is 29.0 Å². The van der Waals surface area contributed by atoms with Crippen LogP contribution in [-0.2, 0) is 6.54 Å². The molecule has 2 N–H and O–H groups in total. The minimum absolute atomic E-state index is 0.0462. The van der Waals surface area contributed by atoms with Crippen LogP contribution in [0.5, 0.6) is 11.5 Å². The first-order chi connectivity index (χ1) is 15.1. The van der Waals surface area contributed by atoms with Crippen LogP contribution >= 0.6 is 0 Å². The maximum atomic E-state index is 12.5. The van der Waals surface area contributed by atoms with E-state index in [1.807, 2.05) is 41.3 Å². The second kappa shape index (κ2) is 11.5. The van der Waals surface area contributed by atoms with Crippen LogP contribution in [0.2, 0.25) is 0 Å². The molecule has 0 radical (unpaired) electrons. The molecule has 168 valence electrons. The van der Waals surface area contributed by atoms with Gasteiger partial charge in [0.25, 0.3) is 0 Å². The van der Waals surface area contributed by atoms with Gasteiger partial charge in [0.05, 0.1) is 0 Å². The molecule has 1 saturated heterocycles. The summed E-state index contributed by atoms with van der Waals surface area (Å²) in [6, 6.07) is 15.1. The number of aromatic hydroxyl groups is 1. The molecule has 1 aliphatic rings. The van der Waals surface area contributed by atoms with E-state index in [-0.39, 0.29) is 11.8 Å². The number of anilines is 1. The number of urea groups is 1. The number of piperazine rings is 1. The van der Waals surface area contributed by atoms with Crippen molar-refractivity contribution in [3.05, 3.63) is 54.1 Å². The molecule has 1 fully saturated rings. The Morgan fingerprint density at radius 1 is 1.06 bits per heavy atom. The number of hydrogen-bond donors (Lipinski definition) is 2. The third-order valence-corrected chi connectivity index (χ3v) is 5.70. The van der Waals surface area contributed by atoms with Gasteiger partial charge >= 0.3 is 6.03 Å². The number of benzene rings is 2. The summed E-state index contributed by atoms with van der Waals surface area (Å²) in [5, 5.41) is 12.7. The lowest BCUT2D eigenvalue weighted by molar-refractivity contribution is 0.194. The van der Waals surface area contributed by atoms with Crippen molar-refractivity contribution < 1.29 is 14.6 Å². The molecule has 0 bridgehead atoms. The van der Waals surface area contributed by atoms with Crippen molar-refractivity contribution in [2.45, 2.75) is 20.4 Å². The zero-order valence-corrected chi connectivity index (χ0v) is 18.6. The highest BCUT2D eigenvalue weighted by atomic mass is 16.5. The van der Waals surface area contributed by atoms with Gasteiger partial charge in [0.1, 0.15) is 18.1 Å². The Labute approximate surface area is 185 Å². The van der Waals surface area contributed by atoms with Gasteiger partial charge in [0.2, 0.25) is 0 Å². The van der Waals surface area contributed by atoms with Crippen LogP contribution in [0.3, 0.4) is 0 Å². The van der Waals surface area contributed by atoms with E-state index < -0.39 is 0 Å². The van der Waals surface area contributed by atoms with Crippen LogP contribution < -0.4 is 15.0 Å². The lowest BCUT2D eigenvalue weighted by atomic mass is 10.2. The second-order valence-corrected chi connectivity index (χ2v) is 7.67. The average Bonchev–Trinajstić information content (AvgIpc) is 2.81. The number of carbonyl (C=O) groups excluding carboxylic acids is 1. The topological polar surface area (TPSA) is 68.3 Å². The van der Waals surface area contributed by atoms with E-state index >= 15 is 0 Å². The molecule has 3 rings (SSSR count). The number of nitrogens with one attached hydrogen (secondary N) is 1. The molecule has 1 heterocycles. The van der Waals surface area contributed by atoms with Crippen LogP contribution in [0.25, 0.3) is 0 Å². The van der Waals surface area contributed by atoms with Crippen molar-refractivity contribution in [3.63, 3.8) is 0 Å². The van der Waals surface area contributed by atoms with E-state index in [1.165, 1.54) is 0 Å². The Hall–Kier alpha value is -2.93. The Kier molecular flexibility index (Phi) is 8.41. The summed E-state index contributed by atoms with van der Waals surface area (Å²) in [6.45, 7) is 11.3. The number of phenolic OH excluding ortho intramolecular Hbond substituents is 1. The molecular weight excluding hydrogens is 392 g/mol. The summed E-state index contributed by atoms with van der Waals surface area (Å²) in [5.41, 5.74) is 2.03. The monoisotopic (exact) mass is 426 g/mol. The standard InChI is InChI=1S/C24H34N4O3/c1-3-26(4-2)16-17-31-23-10-8-20(9-11-23)19-25-24(30)28-14-12-27(13-15-28)21-6-5-7-22(29)18-21/h5-11,18,29H,3-4,12-17,19H2,1-2H3,(H,25,30). The normalized spacial score (nSPS) is 14.0. The van der Waals surface area contributed by atoms with Crippen molar-refractivity contribution in [3.8, 4) is 11.5 Å². The van der Waals surface area contributed by atoms with E-state index in [0.717, 1.165) is 49.7 Å². The molecule has 0 aliphatic carbocycles. The first-order valence-electron chi connectivity index (χ1n) is 11.1. The van der Waals surface area contributed by atoms with Crippen molar-refractivity contribution in [2.75, 3.05) is 57.3 Å². The summed E-state index contributed by atoms with van der Waals surface area (Å²) in [6.07, 6.45) is 0. The number of amides is 2. The highest BCUT2D eigenvalue weighted by Gasteiger charge is 2.21. The highest BCUT2D eigenvalue weighted by molar-refractivity contribution is 5.74. The molecule has 1 aliphatic heterocycles. The van der Waals surface area contributed by atoms with E-state index in [1.54, 1.807) is 12.1 Å². The highest BCUT2D eigenvalue weighted by Crippen LogP contribution is 2.21. The van der Waals surface area contributed by atoms with Crippen LogP contribution in [0.15, 0.2) is 48.5 Å². The molecule has 7 heteroatoms. The molecule has 0 saturated carbocycles. The third-order valence-electron chi connectivity index (χ3n) is 5.70. The average molecular weight is 427 g/mol. The lowest BCUT2D eigenvalue weighted by Gasteiger charge is -2.36. The molecule has 7 nitrogen and oxygen atoms in total. The summed E-state index contributed by atoms with van der Waals surface area (Å²) in [7, 11) is 0. The summed E-state index contributed by atoms with van der Waals surface area (Å²) in [4.78, 5) is 18.9. The number of phenols is 1. The van der Waals surface area contributed by atoms with Gasteiger partial charge < -0.3 is 29.9 Å². The number of rotatable bonds is 9. The number of likely N-dealkylation sites (N-methyl/N-ethyl adjacent to an activating group) is 1. The predicted molar refractivity (Wildman–Crippen MR) is 124 cm³/mol.